The van der Waals surface area contributed by atoms with E-state index < -0.39 is 0 Å². The fourth-order valence-electron chi connectivity index (χ4n) is 3.99. The van der Waals surface area contributed by atoms with Crippen LogP contribution in [0.15, 0.2) is 0 Å². The van der Waals surface area contributed by atoms with Crippen molar-refractivity contribution in [1.82, 2.24) is 19.6 Å². The van der Waals surface area contributed by atoms with E-state index in [2.05, 4.69) is 16.7 Å². The molecular weight excluding hydrogens is 292 g/mol. The van der Waals surface area contributed by atoms with E-state index in [4.69, 9.17) is 0 Å². The van der Waals surface area contributed by atoms with E-state index in [1.165, 1.54) is 12.8 Å². The zero-order valence-electron chi connectivity index (χ0n) is 14.7. The zero-order chi connectivity index (χ0) is 16.6. The van der Waals surface area contributed by atoms with Gasteiger partial charge in [-0.05, 0) is 18.8 Å². The lowest BCUT2D eigenvalue weighted by atomic mass is 10.0. The van der Waals surface area contributed by atoms with Crippen LogP contribution in [-0.4, -0.2) is 96.4 Å². The molecule has 0 radical (unpaired) electrons. The minimum absolute atomic E-state index is 0.180. The Hall–Kier alpha value is -1.14. The van der Waals surface area contributed by atoms with E-state index in [0.29, 0.717) is 24.5 Å². The molecule has 0 aromatic heterocycles. The summed E-state index contributed by atoms with van der Waals surface area (Å²) in [7, 11) is 1.94. The maximum absolute atomic E-state index is 12.3. The summed E-state index contributed by atoms with van der Waals surface area (Å²) in [5.74, 6) is 1.03. The highest BCUT2D eigenvalue weighted by Crippen LogP contribution is 2.27. The van der Waals surface area contributed by atoms with Gasteiger partial charge in [-0.3, -0.25) is 19.4 Å². The second-order valence-corrected chi connectivity index (χ2v) is 7.52. The highest BCUT2D eigenvalue weighted by Gasteiger charge is 2.37. The molecule has 3 rings (SSSR count). The van der Waals surface area contributed by atoms with Gasteiger partial charge in [0.05, 0.1) is 6.54 Å². The second kappa shape index (κ2) is 6.77. The Bertz CT molecular complexity index is 458. The number of carbonyl (C=O) groups is 2. The number of hydrogen-bond acceptors (Lipinski definition) is 4. The van der Waals surface area contributed by atoms with Crippen molar-refractivity contribution in [3.8, 4) is 0 Å². The highest BCUT2D eigenvalue weighted by molar-refractivity contribution is 5.78. The Labute approximate surface area is 139 Å². The maximum Gasteiger partial charge on any atom is 0.236 e. The molecule has 0 aromatic carbocycles. The number of likely N-dealkylation sites (tertiary alicyclic amines) is 1. The van der Waals surface area contributed by atoms with Gasteiger partial charge < -0.3 is 9.80 Å². The summed E-state index contributed by atoms with van der Waals surface area (Å²) in [5, 5.41) is 0. The van der Waals surface area contributed by atoms with Gasteiger partial charge in [0.1, 0.15) is 0 Å². The van der Waals surface area contributed by atoms with Crippen LogP contribution in [0.25, 0.3) is 0 Å². The SMILES string of the molecule is CC(=O)N1CCN([C@@H]2CN(CC(=O)N(C)C3CC3)C[C@@H]2C)CC1. The monoisotopic (exact) mass is 322 g/mol. The second-order valence-electron chi connectivity index (χ2n) is 7.52. The first-order valence-corrected chi connectivity index (χ1v) is 8.93. The molecule has 2 aliphatic heterocycles. The van der Waals surface area contributed by atoms with Crippen LogP contribution in [0.2, 0.25) is 0 Å². The van der Waals surface area contributed by atoms with Crippen LogP contribution in [0.1, 0.15) is 26.7 Å². The molecule has 0 aromatic rings. The largest absolute Gasteiger partial charge is 0.342 e. The van der Waals surface area contributed by atoms with Crippen LogP contribution < -0.4 is 0 Å². The maximum atomic E-state index is 12.3. The molecule has 2 saturated heterocycles. The number of rotatable bonds is 4. The van der Waals surface area contributed by atoms with Gasteiger partial charge >= 0.3 is 0 Å². The summed E-state index contributed by atoms with van der Waals surface area (Å²) in [5.41, 5.74) is 0. The molecule has 2 atom stereocenters. The molecule has 0 N–H and O–H groups in total. The van der Waals surface area contributed by atoms with Gasteiger partial charge in [-0.25, -0.2) is 0 Å². The van der Waals surface area contributed by atoms with Gasteiger partial charge in [-0.15, -0.1) is 0 Å². The van der Waals surface area contributed by atoms with E-state index in [1.54, 1.807) is 6.92 Å². The summed E-state index contributed by atoms with van der Waals surface area (Å²) in [4.78, 5) is 32.5. The van der Waals surface area contributed by atoms with Gasteiger partial charge in [0.2, 0.25) is 11.8 Å². The van der Waals surface area contributed by atoms with Gasteiger partial charge in [-0.2, -0.15) is 0 Å². The van der Waals surface area contributed by atoms with E-state index >= 15 is 0 Å². The van der Waals surface area contributed by atoms with E-state index in [9.17, 15) is 9.59 Å². The first kappa shape index (κ1) is 16.7. The van der Waals surface area contributed by atoms with Crippen LogP contribution in [0, 0.1) is 5.92 Å². The van der Waals surface area contributed by atoms with Crippen LogP contribution >= 0.6 is 0 Å². The van der Waals surface area contributed by atoms with Crippen LogP contribution in [-0.2, 0) is 9.59 Å². The predicted molar refractivity (Wildman–Crippen MR) is 89.0 cm³/mol. The molecular formula is C17H30N4O2. The van der Waals surface area contributed by atoms with Crippen LogP contribution in [0.3, 0.4) is 0 Å². The van der Waals surface area contributed by atoms with Crippen LogP contribution in [0.5, 0.6) is 0 Å². The molecule has 0 spiro atoms. The average molecular weight is 322 g/mol. The Morgan fingerprint density at radius 1 is 1.09 bits per heavy atom. The number of nitrogens with zero attached hydrogens (tertiary/aromatic N) is 4. The third kappa shape index (κ3) is 3.86. The van der Waals surface area contributed by atoms with Gasteiger partial charge in [0.25, 0.3) is 0 Å². The third-order valence-electron chi connectivity index (χ3n) is 5.72. The molecule has 6 nitrogen and oxygen atoms in total. The number of amides is 2. The average Bonchev–Trinajstić information content (AvgIpc) is 3.30. The lowest BCUT2D eigenvalue weighted by Gasteiger charge is -2.39. The fourth-order valence-corrected chi connectivity index (χ4v) is 3.99. The van der Waals surface area contributed by atoms with Crippen molar-refractivity contribution in [2.75, 3.05) is 52.9 Å². The molecule has 2 heterocycles. The number of likely N-dealkylation sites (N-methyl/N-ethyl adjacent to an activating group) is 1. The summed E-state index contributed by atoms with van der Waals surface area (Å²) in [6.45, 7) is 10.1. The standard InChI is InChI=1S/C17H30N4O2/c1-13-10-19(12-17(23)18(3)15-4-5-15)11-16(13)21-8-6-20(7-9-21)14(2)22/h13,15-16H,4-12H2,1-3H3/t13-,16+/m0/s1. The van der Waals surface area contributed by atoms with Crippen molar-refractivity contribution in [1.29, 1.82) is 0 Å². The van der Waals surface area contributed by atoms with E-state index in [0.717, 1.165) is 39.3 Å². The van der Waals surface area contributed by atoms with Crippen molar-refractivity contribution >= 4 is 11.8 Å². The molecule has 3 fully saturated rings. The molecule has 1 saturated carbocycles. The Balaban J connectivity index is 1.48. The van der Waals surface area contributed by atoms with E-state index in [1.807, 2.05) is 16.8 Å². The molecule has 0 unspecified atom stereocenters. The fraction of sp³-hybridized carbons (Fsp3) is 0.882. The first-order valence-electron chi connectivity index (χ1n) is 8.93. The number of carbonyl (C=O) groups excluding carboxylic acids is 2. The summed E-state index contributed by atoms with van der Waals surface area (Å²) >= 11 is 0. The molecule has 0 bridgehead atoms. The van der Waals surface area contributed by atoms with Gasteiger partial charge in [0, 0.05) is 65.3 Å². The quantitative estimate of drug-likeness (QED) is 0.736. The van der Waals surface area contributed by atoms with Crippen LogP contribution in [0.4, 0.5) is 0 Å². The highest BCUT2D eigenvalue weighted by atomic mass is 16.2. The van der Waals surface area contributed by atoms with Crippen molar-refractivity contribution in [3.63, 3.8) is 0 Å². The third-order valence-corrected chi connectivity index (χ3v) is 5.72. The normalized spacial score (nSPS) is 29.8. The first-order chi connectivity index (χ1) is 11.0. The number of piperazine rings is 1. The lowest BCUT2D eigenvalue weighted by Crippen LogP contribution is -2.53. The van der Waals surface area contributed by atoms with Crippen molar-refractivity contribution in [2.45, 2.75) is 38.8 Å². The zero-order valence-corrected chi connectivity index (χ0v) is 14.7. The molecule has 130 valence electrons. The molecule has 6 heteroatoms. The summed E-state index contributed by atoms with van der Waals surface area (Å²) in [6.07, 6.45) is 2.34. The Morgan fingerprint density at radius 3 is 2.30 bits per heavy atom. The summed E-state index contributed by atoms with van der Waals surface area (Å²) < 4.78 is 0. The number of hydrogen-bond donors (Lipinski definition) is 0. The minimum Gasteiger partial charge on any atom is -0.342 e. The lowest BCUT2D eigenvalue weighted by molar-refractivity contribution is -0.132. The smallest absolute Gasteiger partial charge is 0.236 e. The predicted octanol–water partition coefficient (Wildman–Crippen LogP) is 0.0916. The molecule has 2 amide bonds. The summed E-state index contributed by atoms with van der Waals surface area (Å²) in [6, 6.07) is 1.01. The Kier molecular flexibility index (Phi) is 4.92. The topological polar surface area (TPSA) is 47.1 Å². The van der Waals surface area contributed by atoms with Crippen molar-refractivity contribution < 1.29 is 9.59 Å². The minimum atomic E-state index is 0.180. The molecule has 23 heavy (non-hydrogen) atoms. The molecule has 1 aliphatic carbocycles. The van der Waals surface area contributed by atoms with Gasteiger partial charge in [-0.1, -0.05) is 6.92 Å². The Morgan fingerprint density at radius 2 is 1.74 bits per heavy atom. The van der Waals surface area contributed by atoms with Gasteiger partial charge in [0.15, 0.2) is 0 Å². The van der Waals surface area contributed by atoms with E-state index in [-0.39, 0.29) is 11.8 Å². The molecule has 3 aliphatic rings. The van der Waals surface area contributed by atoms with Crippen molar-refractivity contribution in [3.05, 3.63) is 0 Å². The van der Waals surface area contributed by atoms with Crippen molar-refractivity contribution in [2.24, 2.45) is 5.92 Å².